The number of amides is 1. The fraction of sp³-hybridized carbons (Fsp3) is 0.696. The number of carbonyl (C=O) groups excluding carboxylic acids is 1. The third-order valence-corrected chi connectivity index (χ3v) is 8.77. The van der Waals surface area contributed by atoms with Crippen LogP contribution >= 0.6 is 0 Å². The van der Waals surface area contributed by atoms with Crippen molar-refractivity contribution in [2.45, 2.75) is 57.4 Å². The van der Waals surface area contributed by atoms with E-state index in [0.29, 0.717) is 26.1 Å². The highest BCUT2D eigenvalue weighted by Gasteiger charge is 2.41. The molecule has 0 atom stereocenters. The highest BCUT2D eigenvalue weighted by Crippen LogP contribution is 2.34. The summed E-state index contributed by atoms with van der Waals surface area (Å²) in [7, 11) is -1.24. The van der Waals surface area contributed by atoms with Crippen LogP contribution in [-0.2, 0) is 10.0 Å². The fourth-order valence-corrected chi connectivity index (χ4v) is 6.60. The van der Waals surface area contributed by atoms with Crippen molar-refractivity contribution in [1.29, 1.82) is 0 Å². The van der Waals surface area contributed by atoms with Gasteiger partial charge in [0, 0.05) is 50.9 Å². The number of benzene rings is 1. The van der Waals surface area contributed by atoms with E-state index in [0.717, 1.165) is 31.5 Å². The Morgan fingerprint density at radius 3 is 2.17 bits per heavy atom. The Morgan fingerprint density at radius 1 is 1.00 bits per heavy atom. The monoisotopic (exact) mass is 435 g/mol. The lowest BCUT2D eigenvalue weighted by atomic mass is 9.86. The molecule has 6 nitrogen and oxygen atoms in total. The molecule has 0 N–H and O–H groups in total. The van der Waals surface area contributed by atoms with Gasteiger partial charge in [0.25, 0.3) is 5.91 Å². The van der Waals surface area contributed by atoms with E-state index < -0.39 is 10.0 Å². The molecular formula is C23H37N3O3S. The minimum absolute atomic E-state index is 0.0587. The first-order valence-corrected chi connectivity index (χ1v) is 13.0. The molecule has 30 heavy (non-hydrogen) atoms. The Morgan fingerprint density at radius 2 is 1.60 bits per heavy atom. The van der Waals surface area contributed by atoms with Crippen LogP contribution in [0.5, 0.6) is 0 Å². The number of carbonyl (C=O) groups is 1. The number of hydrogen-bond acceptors (Lipinski definition) is 4. The Kier molecular flexibility index (Phi) is 7.93. The van der Waals surface area contributed by atoms with Gasteiger partial charge in [-0.15, -0.1) is 0 Å². The van der Waals surface area contributed by atoms with Crippen LogP contribution in [0.15, 0.2) is 30.3 Å². The Hall–Kier alpha value is -1.44. The normalized spacial score (nSPS) is 21.1. The lowest BCUT2D eigenvalue weighted by Crippen LogP contribution is -2.61. The summed E-state index contributed by atoms with van der Waals surface area (Å²) in [4.78, 5) is 17.4. The summed E-state index contributed by atoms with van der Waals surface area (Å²) in [6, 6.07) is 9.47. The van der Waals surface area contributed by atoms with Gasteiger partial charge in [0.05, 0.1) is 5.75 Å². The molecule has 1 saturated heterocycles. The lowest BCUT2D eigenvalue weighted by Gasteiger charge is -2.49. The second-order valence-corrected chi connectivity index (χ2v) is 11.0. The summed E-state index contributed by atoms with van der Waals surface area (Å²) in [6.45, 7) is 5.21. The third-order valence-electron chi connectivity index (χ3n) is 6.70. The van der Waals surface area contributed by atoms with Crippen LogP contribution in [-0.4, -0.2) is 79.5 Å². The second-order valence-electron chi connectivity index (χ2n) is 8.87. The SMILES string of the molecule is CCCS(=O)(=O)N1CCN(C2(CN(C)C(=O)c3ccccc3)CCCCCC2)CC1. The van der Waals surface area contributed by atoms with Gasteiger partial charge in [0.1, 0.15) is 0 Å². The summed E-state index contributed by atoms with van der Waals surface area (Å²) in [5.41, 5.74) is 0.662. The van der Waals surface area contributed by atoms with Crippen LogP contribution < -0.4 is 0 Å². The van der Waals surface area contributed by atoms with Crippen molar-refractivity contribution < 1.29 is 13.2 Å². The van der Waals surface area contributed by atoms with Crippen molar-refractivity contribution >= 4 is 15.9 Å². The van der Waals surface area contributed by atoms with Crippen LogP contribution in [0, 0.1) is 0 Å². The number of piperazine rings is 1. The number of hydrogen-bond donors (Lipinski definition) is 0. The lowest BCUT2D eigenvalue weighted by molar-refractivity contribution is 0.0167. The van der Waals surface area contributed by atoms with E-state index in [4.69, 9.17) is 0 Å². The van der Waals surface area contributed by atoms with Gasteiger partial charge >= 0.3 is 0 Å². The molecule has 1 saturated carbocycles. The third kappa shape index (κ3) is 5.42. The first-order chi connectivity index (χ1) is 14.4. The van der Waals surface area contributed by atoms with Gasteiger partial charge in [-0.3, -0.25) is 9.69 Å². The molecule has 0 radical (unpaired) electrons. The highest BCUT2D eigenvalue weighted by atomic mass is 32.2. The van der Waals surface area contributed by atoms with Gasteiger partial charge in [-0.05, 0) is 31.4 Å². The van der Waals surface area contributed by atoms with Gasteiger partial charge in [0.15, 0.2) is 0 Å². The number of likely N-dealkylation sites (N-methyl/N-ethyl adjacent to an activating group) is 1. The smallest absolute Gasteiger partial charge is 0.253 e. The molecule has 168 valence electrons. The van der Waals surface area contributed by atoms with Crippen LogP contribution in [0.1, 0.15) is 62.2 Å². The maximum Gasteiger partial charge on any atom is 0.253 e. The summed E-state index contributed by atoms with van der Waals surface area (Å²) in [5.74, 6) is 0.287. The predicted molar refractivity (Wildman–Crippen MR) is 121 cm³/mol. The van der Waals surface area contributed by atoms with E-state index in [1.165, 1.54) is 25.7 Å². The molecular weight excluding hydrogens is 398 g/mol. The standard InChI is InChI=1S/C23H37N3O3S/c1-3-19-30(28,29)26-17-15-25(16-18-26)23(13-9-4-5-10-14-23)20-24(2)22(27)21-11-7-6-8-12-21/h6-8,11-12H,3-5,9-10,13-20H2,1-2H3. The molecule has 1 aliphatic heterocycles. The molecule has 1 heterocycles. The van der Waals surface area contributed by atoms with Crippen molar-refractivity contribution in [2.75, 3.05) is 45.5 Å². The summed E-state index contributed by atoms with van der Waals surface area (Å²) < 4.78 is 26.6. The van der Waals surface area contributed by atoms with E-state index in [9.17, 15) is 13.2 Å². The Labute approximate surface area is 182 Å². The summed E-state index contributed by atoms with van der Waals surface area (Å²) in [6.07, 6.45) is 7.61. The van der Waals surface area contributed by atoms with Gasteiger partial charge in [-0.1, -0.05) is 50.8 Å². The van der Waals surface area contributed by atoms with Crippen molar-refractivity contribution in [3.8, 4) is 0 Å². The topological polar surface area (TPSA) is 60.9 Å². The molecule has 0 bridgehead atoms. The average Bonchev–Trinajstić information content (AvgIpc) is 3.00. The zero-order chi connectivity index (χ0) is 21.6. The van der Waals surface area contributed by atoms with Crippen LogP contribution in [0.4, 0.5) is 0 Å². The number of rotatable bonds is 7. The molecule has 2 fully saturated rings. The van der Waals surface area contributed by atoms with Crippen LogP contribution in [0.2, 0.25) is 0 Å². The molecule has 1 aromatic carbocycles. The molecule has 7 heteroatoms. The zero-order valence-electron chi connectivity index (χ0n) is 18.6. The molecule has 3 rings (SSSR count). The highest BCUT2D eigenvalue weighted by molar-refractivity contribution is 7.89. The summed E-state index contributed by atoms with van der Waals surface area (Å²) in [5, 5.41) is 0. The fourth-order valence-electron chi connectivity index (χ4n) is 5.10. The molecule has 0 unspecified atom stereocenters. The van der Waals surface area contributed by atoms with E-state index in [1.54, 1.807) is 4.31 Å². The summed E-state index contributed by atoms with van der Waals surface area (Å²) >= 11 is 0. The van der Waals surface area contributed by atoms with Gasteiger partial charge in [-0.2, -0.15) is 4.31 Å². The van der Waals surface area contributed by atoms with E-state index in [1.807, 2.05) is 49.2 Å². The van der Waals surface area contributed by atoms with Crippen LogP contribution in [0.25, 0.3) is 0 Å². The molecule has 1 aliphatic carbocycles. The Bertz CT molecular complexity index is 781. The molecule has 1 amide bonds. The number of sulfonamides is 1. The zero-order valence-corrected chi connectivity index (χ0v) is 19.4. The van der Waals surface area contributed by atoms with Gasteiger partial charge in [0.2, 0.25) is 10.0 Å². The Balaban J connectivity index is 1.73. The second kappa shape index (κ2) is 10.2. The maximum absolute atomic E-state index is 13.0. The quantitative estimate of drug-likeness (QED) is 0.617. The number of nitrogens with zero attached hydrogens (tertiary/aromatic N) is 3. The molecule has 1 aromatic rings. The van der Waals surface area contributed by atoms with Crippen molar-refractivity contribution in [2.24, 2.45) is 0 Å². The van der Waals surface area contributed by atoms with Gasteiger partial charge in [-0.25, -0.2) is 8.42 Å². The van der Waals surface area contributed by atoms with E-state index >= 15 is 0 Å². The average molecular weight is 436 g/mol. The minimum Gasteiger partial charge on any atom is -0.340 e. The van der Waals surface area contributed by atoms with Crippen molar-refractivity contribution in [1.82, 2.24) is 14.1 Å². The van der Waals surface area contributed by atoms with Crippen molar-refractivity contribution in [3.05, 3.63) is 35.9 Å². The van der Waals surface area contributed by atoms with Crippen LogP contribution in [0.3, 0.4) is 0 Å². The molecule has 0 aromatic heterocycles. The minimum atomic E-state index is -3.14. The predicted octanol–water partition coefficient (Wildman–Crippen LogP) is 3.21. The van der Waals surface area contributed by atoms with E-state index in [2.05, 4.69) is 4.90 Å². The molecule has 2 aliphatic rings. The van der Waals surface area contributed by atoms with Gasteiger partial charge < -0.3 is 4.90 Å². The first-order valence-electron chi connectivity index (χ1n) is 11.4. The first kappa shape index (κ1) is 23.2. The largest absolute Gasteiger partial charge is 0.340 e. The maximum atomic E-state index is 13.0. The van der Waals surface area contributed by atoms with Crippen molar-refractivity contribution in [3.63, 3.8) is 0 Å². The molecule has 0 spiro atoms. The van der Waals surface area contributed by atoms with E-state index in [-0.39, 0.29) is 17.2 Å².